The van der Waals surface area contributed by atoms with Crippen molar-refractivity contribution in [3.63, 3.8) is 0 Å². The Balaban J connectivity index is 2.58. The van der Waals surface area contributed by atoms with E-state index < -0.39 is 5.41 Å². The van der Waals surface area contributed by atoms with Crippen LogP contribution in [-0.2, 0) is 23.2 Å². The van der Waals surface area contributed by atoms with Crippen molar-refractivity contribution < 1.29 is 9.53 Å². The minimum atomic E-state index is -0.451. The van der Waals surface area contributed by atoms with Crippen LogP contribution in [0, 0.1) is 12.3 Å². The average molecular weight is 210 g/mol. The first-order chi connectivity index (χ1) is 6.80. The van der Waals surface area contributed by atoms with E-state index in [1.807, 2.05) is 40.8 Å². The van der Waals surface area contributed by atoms with E-state index in [2.05, 4.69) is 5.10 Å². The van der Waals surface area contributed by atoms with Gasteiger partial charge in [0.2, 0.25) is 0 Å². The molecule has 0 aliphatic rings. The number of hydrogen-bond acceptors (Lipinski definition) is 3. The topological polar surface area (TPSA) is 44.1 Å². The number of carbonyl (C=O) groups excluding carboxylic acids is 1. The molecule has 1 heterocycles. The minimum absolute atomic E-state index is 0.193. The Hall–Kier alpha value is -1.32. The number of ether oxygens (including phenoxy) is 1. The van der Waals surface area contributed by atoms with Crippen LogP contribution in [0.15, 0.2) is 6.07 Å². The summed E-state index contributed by atoms with van der Waals surface area (Å²) < 4.78 is 6.91. The van der Waals surface area contributed by atoms with E-state index in [-0.39, 0.29) is 12.6 Å². The highest BCUT2D eigenvalue weighted by Gasteiger charge is 2.23. The fraction of sp³-hybridized carbons (Fsp3) is 0.636. The Kier molecular flexibility index (Phi) is 3.17. The van der Waals surface area contributed by atoms with Crippen molar-refractivity contribution in [3.8, 4) is 0 Å². The molecular formula is C11H18N2O2. The van der Waals surface area contributed by atoms with Gasteiger partial charge in [-0.15, -0.1) is 0 Å². The Labute approximate surface area is 90.2 Å². The summed E-state index contributed by atoms with van der Waals surface area (Å²) in [5.41, 5.74) is 1.39. The van der Waals surface area contributed by atoms with Gasteiger partial charge in [0.25, 0.3) is 0 Å². The molecule has 4 nitrogen and oxygen atoms in total. The molecule has 0 atom stereocenters. The summed E-state index contributed by atoms with van der Waals surface area (Å²) >= 11 is 0. The first-order valence-corrected chi connectivity index (χ1v) is 4.97. The zero-order chi connectivity index (χ0) is 11.6. The molecule has 0 amide bonds. The van der Waals surface area contributed by atoms with Gasteiger partial charge in [-0.1, -0.05) is 0 Å². The van der Waals surface area contributed by atoms with Gasteiger partial charge in [-0.25, -0.2) is 0 Å². The molecule has 0 N–H and O–H groups in total. The van der Waals surface area contributed by atoms with Crippen molar-refractivity contribution in [1.29, 1.82) is 0 Å². The van der Waals surface area contributed by atoms with Crippen molar-refractivity contribution in [2.24, 2.45) is 12.5 Å². The van der Waals surface area contributed by atoms with Crippen molar-refractivity contribution in [2.75, 3.05) is 0 Å². The normalized spacial score (nSPS) is 11.5. The third-order valence-electron chi connectivity index (χ3n) is 2.06. The number of nitrogens with zero attached hydrogens (tertiary/aromatic N) is 2. The third kappa shape index (κ3) is 3.08. The lowest BCUT2D eigenvalue weighted by Gasteiger charge is -2.16. The fourth-order valence-corrected chi connectivity index (χ4v) is 1.16. The maximum absolute atomic E-state index is 11.5. The summed E-state index contributed by atoms with van der Waals surface area (Å²) in [7, 11) is 1.84. The number of aryl methyl sites for hydroxylation is 2. The summed E-state index contributed by atoms with van der Waals surface area (Å²) in [6.07, 6.45) is 0. The SMILES string of the molecule is Cc1cc(COC(=O)C(C)(C)C)n(C)n1. The molecule has 84 valence electrons. The van der Waals surface area contributed by atoms with E-state index in [1.54, 1.807) is 4.68 Å². The monoisotopic (exact) mass is 210 g/mol. The molecule has 0 unspecified atom stereocenters. The number of carbonyl (C=O) groups is 1. The second-order valence-electron chi connectivity index (χ2n) is 4.73. The van der Waals surface area contributed by atoms with Crippen LogP contribution in [0.4, 0.5) is 0 Å². The zero-order valence-electron chi connectivity index (χ0n) is 10.00. The van der Waals surface area contributed by atoms with Gasteiger partial charge in [0.15, 0.2) is 0 Å². The fourth-order valence-electron chi connectivity index (χ4n) is 1.16. The molecule has 1 rings (SSSR count). The average Bonchev–Trinajstić information content (AvgIpc) is 2.39. The lowest BCUT2D eigenvalue weighted by Crippen LogP contribution is -2.23. The standard InChI is InChI=1S/C11H18N2O2/c1-8-6-9(13(5)12-8)7-15-10(14)11(2,3)4/h6H,7H2,1-5H3. The lowest BCUT2D eigenvalue weighted by molar-refractivity contribution is -0.154. The highest BCUT2D eigenvalue weighted by atomic mass is 16.5. The van der Waals surface area contributed by atoms with E-state index in [4.69, 9.17) is 4.74 Å². The van der Waals surface area contributed by atoms with Crippen LogP contribution >= 0.6 is 0 Å². The Bertz CT molecular complexity index is 361. The molecule has 1 aromatic heterocycles. The number of hydrogen-bond donors (Lipinski definition) is 0. The Morgan fingerprint density at radius 3 is 2.53 bits per heavy atom. The largest absolute Gasteiger partial charge is 0.459 e. The zero-order valence-corrected chi connectivity index (χ0v) is 10.00. The molecule has 0 saturated carbocycles. The number of aromatic nitrogens is 2. The van der Waals surface area contributed by atoms with Crippen LogP contribution < -0.4 is 0 Å². The first kappa shape index (κ1) is 11.8. The molecule has 0 bridgehead atoms. The summed E-state index contributed by atoms with van der Waals surface area (Å²) in [5, 5.41) is 4.18. The maximum Gasteiger partial charge on any atom is 0.311 e. The highest BCUT2D eigenvalue weighted by Crippen LogP contribution is 2.16. The van der Waals surface area contributed by atoms with Crippen molar-refractivity contribution in [3.05, 3.63) is 17.5 Å². The molecule has 15 heavy (non-hydrogen) atoms. The summed E-state index contributed by atoms with van der Waals surface area (Å²) in [6.45, 7) is 7.71. The van der Waals surface area contributed by atoms with Gasteiger partial charge in [-0.3, -0.25) is 9.48 Å². The predicted molar refractivity (Wildman–Crippen MR) is 57.2 cm³/mol. The van der Waals surface area contributed by atoms with Gasteiger partial charge < -0.3 is 4.74 Å². The molecule has 0 spiro atoms. The van der Waals surface area contributed by atoms with E-state index >= 15 is 0 Å². The van der Waals surface area contributed by atoms with Gasteiger partial charge in [0.05, 0.1) is 16.8 Å². The van der Waals surface area contributed by atoms with Crippen LogP contribution in [0.5, 0.6) is 0 Å². The highest BCUT2D eigenvalue weighted by molar-refractivity contribution is 5.75. The van der Waals surface area contributed by atoms with Gasteiger partial charge in [-0.2, -0.15) is 5.10 Å². The van der Waals surface area contributed by atoms with Gasteiger partial charge in [-0.05, 0) is 33.8 Å². The summed E-state index contributed by atoms with van der Waals surface area (Å²) in [5.74, 6) is -0.193. The Morgan fingerprint density at radius 2 is 2.13 bits per heavy atom. The molecule has 1 aromatic rings. The van der Waals surface area contributed by atoms with Gasteiger partial charge >= 0.3 is 5.97 Å². The summed E-state index contributed by atoms with van der Waals surface area (Å²) in [4.78, 5) is 11.5. The number of esters is 1. The van der Waals surface area contributed by atoms with Crippen LogP contribution in [0.1, 0.15) is 32.2 Å². The predicted octanol–water partition coefficient (Wildman–Crippen LogP) is 1.82. The maximum atomic E-state index is 11.5. The molecule has 0 saturated heterocycles. The van der Waals surface area contributed by atoms with Crippen molar-refractivity contribution >= 4 is 5.97 Å². The van der Waals surface area contributed by atoms with Crippen LogP contribution in [0.3, 0.4) is 0 Å². The van der Waals surface area contributed by atoms with Gasteiger partial charge in [0, 0.05) is 7.05 Å². The Morgan fingerprint density at radius 1 is 1.53 bits per heavy atom. The summed E-state index contributed by atoms with van der Waals surface area (Å²) in [6, 6.07) is 1.91. The van der Waals surface area contributed by atoms with Crippen molar-refractivity contribution in [1.82, 2.24) is 9.78 Å². The van der Waals surface area contributed by atoms with E-state index in [0.717, 1.165) is 11.4 Å². The van der Waals surface area contributed by atoms with Crippen LogP contribution in [0.2, 0.25) is 0 Å². The van der Waals surface area contributed by atoms with E-state index in [9.17, 15) is 4.79 Å². The first-order valence-electron chi connectivity index (χ1n) is 4.97. The molecule has 0 aliphatic carbocycles. The van der Waals surface area contributed by atoms with Crippen molar-refractivity contribution in [2.45, 2.75) is 34.3 Å². The molecule has 0 aromatic carbocycles. The third-order valence-corrected chi connectivity index (χ3v) is 2.06. The lowest BCUT2D eigenvalue weighted by atomic mass is 9.97. The quantitative estimate of drug-likeness (QED) is 0.699. The van der Waals surface area contributed by atoms with Gasteiger partial charge in [0.1, 0.15) is 6.61 Å². The molecule has 0 aliphatic heterocycles. The van der Waals surface area contributed by atoms with Crippen LogP contribution in [0.25, 0.3) is 0 Å². The molecule has 0 radical (unpaired) electrons. The minimum Gasteiger partial charge on any atom is -0.459 e. The second kappa shape index (κ2) is 4.04. The second-order valence-corrected chi connectivity index (χ2v) is 4.73. The molecule has 0 fully saturated rings. The molecule has 4 heteroatoms. The number of rotatable bonds is 2. The smallest absolute Gasteiger partial charge is 0.311 e. The van der Waals surface area contributed by atoms with E-state index in [0.29, 0.717) is 0 Å². The molecular weight excluding hydrogens is 192 g/mol. The van der Waals surface area contributed by atoms with Crippen LogP contribution in [-0.4, -0.2) is 15.7 Å². The van der Waals surface area contributed by atoms with E-state index in [1.165, 1.54) is 0 Å².